The Morgan fingerprint density at radius 3 is 2.62 bits per heavy atom. The van der Waals surface area contributed by atoms with Crippen molar-refractivity contribution in [2.45, 2.75) is 32.1 Å². The highest BCUT2D eigenvalue weighted by atomic mass is 16.1. The van der Waals surface area contributed by atoms with Gasteiger partial charge in [-0.15, -0.1) is 0 Å². The van der Waals surface area contributed by atoms with Gasteiger partial charge in [0.05, 0.1) is 0 Å². The van der Waals surface area contributed by atoms with Crippen LogP contribution in [0.5, 0.6) is 0 Å². The number of aromatic amines is 2. The molecular formula is C9H12N2O2. The number of rotatable bonds is 0. The van der Waals surface area contributed by atoms with Crippen LogP contribution in [0.15, 0.2) is 9.59 Å². The Kier molecular flexibility index (Phi) is 1.83. The highest BCUT2D eigenvalue weighted by Gasteiger charge is 2.21. The SMILES string of the molecule is CC1CCCc2c1c(=O)[nH][nH]c2=O. The van der Waals surface area contributed by atoms with Crippen molar-refractivity contribution in [3.63, 3.8) is 0 Å². The van der Waals surface area contributed by atoms with Gasteiger partial charge in [0.15, 0.2) is 0 Å². The van der Waals surface area contributed by atoms with Crippen molar-refractivity contribution >= 4 is 0 Å². The summed E-state index contributed by atoms with van der Waals surface area (Å²) in [6.07, 6.45) is 2.74. The van der Waals surface area contributed by atoms with Crippen LogP contribution >= 0.6 is 0 Å². The average molecular weight is 180 g/mol. The van der Waals surface area contributed by atoms with Crippen molar-refractivity contribution < 1.29 is 0 Å². The molecule has 0 amide bonds. The van der Waals surface area contributed by atoms with Crippen LogP contribution in [0.4, 0.5) is 0 Å². The Balaban J connectivity index is 2.75. The zero-order valence-corrected chi connectivity index (χ0v) is 7.52. The Hall–Kier alpha value is -1.32. The summed E-state index contributed by atoms with van der Waals surface area (Å²) in [5.41, 5.74) is 1.10. The zero-order valence-electron chi connectivity index (χ0n) is 7.52. The first-order valence-electron chi connectivity index (χ1n) is 4.54. The normalized spacial score (nSPS) is 21.2. The van der Waals surface area contributed by atoms with Gasteiger partial charge in [-0.2, -0.15) is 0 Å². The highest BCUT2D eigenvalue weighted by Crippen LogP contribution is 2.25. The maximum atomic E-state index is 11.4. The summed E-state index contributed by atoms with van der Waals surface area (Å²) in [6, 6.07) is 0. The molecule has 70 valence electrons. The molecule has 0 aliphatic heterocycles. The molecule has 1 aromatic heterocycles. The van der Waals surface area contributed by atoms with Crippen molar-refractivity contribution in [1.82, 2.24) is 10.2 Å². The maximum Gasteiger partial charge on any atom is 0.266 e. The lowest BCUT2D eigenvalue weighted by Gasteiger charge is -2.19. The minimum atomic E-state index is -0.138. The van der Waals surface area contributed by atoms with E-state index in [1.807, 2.05) is 6.92 Å². The van der Waals surface area contributed by atoms with Crippen LogP contribution in [0, 0.1) is 0 Å². The van der Waals surface area contributed by atoms with Crippen molar-refractivity contribution in [3.8, 4) is 0 Å². The molecule has 2 N–H and O–H groups in total. The number of H-pyrrole nitrogens is 2. The van der Waals surface area contributed by atoms with E-state index >= 15 is 0 Å². The fourth-order valence-electron chi connectivity index (χ4n) is 2.01. The van der Waals surface area contributed by atoms with E-state index in [-0.39, 0.29) is 17.0 Å². The first-order valence-corrected chi connectivity index (χ1v) is 4.54. The third kappa shape index (κ3) is 1.22. The Bertz CT molecular complexity index is 430. The molecule has 4 heteroatoms. The lowest BCUT2D eigenvalue weighted by atomic mass is 9.86. The summed E-state index contributed by atoms with van der Waals surface area (Å²) < 4.78 is 0. The van der Waals surface area contributed by atoms with Gasteiger partial charge in [-0.3, -0.25) is 19.8 Å². The van der Waals surface area contributed by atoms with E-state index in [1.165, 1.54) is 0 Å². The van der Waals surface area contributed by atoms with Gasteiger partial charge in [0.2, 0.25) is 0 Å². The van der Waals surface area contributed by atoms with E-state index < -0.39 is 0 Å². The van der Waals surface area contributed by atoms with Crippen LogP contribution in [-0.2, 0) is 6.42 Å². The number of fused-ring (bicyclic) bond motifs is 1. The minimum absolute atomic E-state index is 0.137. The summed E-state index contributed by atoms with van der Waals surface area (Å²) in [4.78, 5) is 22.7. The molecular weight excluding hydrogens is 168 g/mol. The fourth-order valence-corrected chi connectivity index (χ4v) is 2.01. The molecule has 1 aromatic rings. The summed E-state index contributed by atoms with van der Waals surface area (Å²) in [5, 5.41) is 4.72. The van der Waals surface area contributed by atoms with E-state index in [2.05, 4.69) is 10.2 Å². The summed E-state index contributed by atoms with van der Waals surface area (Å²) in [5.74, 6) is 0.217. The second-order valence-corrected chi connectivity index (χ2v) is 3.59. The molecule has 1 unspecified atom stereocenters. The zero-order chi connectivity index (χ0) is 9.42. The number of aromatic nitrogens is 2. The maximum absolute atomic E-state index is 11.4. The van der Waals surface area contributed by atoms with E-state index in [0.29, 0.717) is 11.1 Å². The van der Waals surface area contributed by atoms with Gasteiger partial charge >= 0.3 is 0 Å². The van der Waals surface area contributed by atoms with Crippen molar-refractivity contribution in [1.29, 1.82) is 0 Å². The molecule has 1 atom stereocenters. The largest absolute Gasteiger partial charge is 0.268 e. The molecule has 0 spiro atoms. The summed E-state index contributed by atoms with van der Waals surface area (Å²) >= 11 is 0. The monoisotopic (exact) mass is 180 g/mol. The van der Waals surface area contributed by atoms with Crippen molar-refractivity contribution in [3.05, 3.63) is 31.8 Å². The van der Waals surface area contributed by atoms with Crippen LogP contribution < -0.4 is 11.1 Å². The quantitative estimate of drug-likeness (QED) is 0.610. The van der Waals surface area contributed by atoms with E-state index in [9.17, 15) is 9.59 Å². The van der Waals surface area contributed by atoms with Crippen molar-refractivity contribution in [2.24, 2.45) is 0 Å². The third-order valence-electron chi connectivity index (χ3n) is 2.69. The van der Waals surface area contributed by atoms with E-state index in [4.69, 9.17) is 0 Å². The van der Waals surface area contributed by atoms with Crippen LogP contribution in [-0.4, -0.2) is 10.2 Å². The topological polar surface area (TPSA) is 65.7 Å². The van der Waals surface area contributed by atoms with Gasteiger partial charge < -0.3 is 0 Å². The van der Waals surface area contributed by atoms with Crippen LogP contribution in [0.2, 0.25) is 0 Å². The second kappa shape index (κ2) is 2.87. The van der Waals surface area contributed by atoms with Crippen LogP contribution in [0.1, 0.15) is 36.8 Å². The smallest absolute Gasteiger partial charge is 0.266 e. The predicted octanol–water partition coefficient (Wildman–Crippen LogP) is 0.503. The molecule has 0 radical (unpaired) electrons. The van der Waals surface area contributed by atoms with Gasteiger partial charge in [0, 0.05) is 11.1 Å². The van der Waals surface area contributed by atoms with Gasteiger partial charge in [0.1, 0.15) is 0 Å². The Morgan fingerprint density at radius 1 is 1.23 bits per heavy atom. The molecule has 0 fully saturated rings. The predicted molar refractivity (Wildman–Crippen MR) is 49.0 cm³/mol. The molecule has 1 aliphatic rings. The molecule has 1 aliphatic carbocycles. The Labute approximate surface area is 75.0 Å². The fraction of sp³-hybridized carbons (Fsp3) is 0.556. The molecule has 4 nitrogen and oxygen atoms in total. The lowest BCUT2D eigenvalue weighted by Crippen LogP contribution is -2.31. The highest BCUT2D eigenvalue weighted by molar-refractivity contribution is 5.26. The molecule has 13 heavy (non-hydrogen) atoms. The van der Waals surface area contributed by atoms with Crippen LogP contribution in [0.3, 0.4) is 0 Å². The molecule has 0 bridgehead atoms. The molecule has 2 rings (SSSR count). The average Bonchev–Trinajstić information content (AvgIpc) is 2.12. The molecule has 0 aromatic carbocycles. The summed E-state index contributed by atoms with van der Waals surface area (Å²) in [6.45, 7) is 1.99. The van der Waals surface area contributed by atoms with E-state index in [0.717, 1.165) is 19.3 Å². The van der Waals surface area contributed by atoms with Gasteiger partial charge in [-0.05, 0) is 25.2 Å². The first-order chi connectivity index (χ1) is 6.20. The van der Waals surface area contributed by atoms with E-state index in [1.54, 1.807) is 0 Å². The lowest BCUT2D eigenvalue weighted by molar-refractivity contribution is 0.572. The van der Waals surface area contributed by atoms with Gasteiger partial charge in [-0.25, -0.2) is 0 Å². The minimum Gasteiger partial charge on any atom is -0.268 e. The number of nitrogens with one attached hydrogen (secondary N) is 2. The summed E-state index contributed by atoms with van der Waals surface area (Å²) in [7, 11) is 0. The number of hydrogen-bond acceptors (Lipinski definition) is 2. The van der Waals surface area contributed by atoms with Gasteiger partial charge in [0.25, 0.3) is 11.1 Å². The van der Waals surface area contributed by atoms with Gasteiger partial charge in [-0.1, -0.05) is 6.92 Å². The third-order valence-corrected chi connectivity index (χ3v) is 2.69. The molecule has 0 saturated heterocycles. The first kappa shape index (κ1) is 8.29. The molecule has 0 saturated carbocycles. The molecule has 1 heterocycles. The Morgan fingerprint density at radius 2 is 1.92 bits per heavy atom. The standard InChI is InChI=1S/C9H12N2O2/c1-5-3-2-4-6-7(5)9(13)11-10-8(6)12/h5H,2-4H2,1H3,(H,10,12)(H,11,13). The number of hydrogen-bond donors (Lipinski definition) is 2. The van der Waals surface area contributed by atoms with Crippen molar-refractivity contribution in [2.75, 3.05) is 0 Å². The second-order valence-electron chi connectivity index (χ2n) is 3.59. The van der Waals surface area contributed by atoms with Crippen LogP contribution in [0.25, 0.3) is 0 Å².